The van der Waals surface area contributed by atoms with Gasteiger partial charge in [0.1, 0.15) is 5.75 Å². The van der Waals surface area contributed by atoms with Crippen LogP contribution in [0.3, 0.4) is 0 Å². The predicted octanol–water partition coefficient (Wildman–Crippen LogP) is 1.75. The lowest BCUT2D eigenvalue weighted by Gasteiger charge is -2.21. The van der Waals surface area contributed by atoms with Crippen LogP contribution in [0.5, 0.6) is 5.75 Å². The van der Waals surface area contributed by atoms with Crippen LogP contribution >= 0.6 is 0 Å². The molecule has 4 nitrogen and oxygen atoms in total. The fraction of sp³-hybridized carbons (Fsp3) is 0.462. The Morgan fingerprint density at radius 2 is 2.12 bits per heavy atom. The van der Waals surface area contributed by atoms with Gasteiger partial charge in [0.15, 0.2) is 0 Å². The van der Waals surface area contributed by atoms with Gasteiger partial charge in [-0.3, -0.25) is 4.68 Å². The van der Waals surface area contributed by atoms with Crippen LogP contribution in [0.4, 0.5) is 0 Å². The Bertz CT molecular complexity index is 541. The smallest absolute Gasteiger partial charge is 0.116 e. The molecule has 90 valence electrons. The van der Waals surface area contributed by atoms with Gasteiger partial charge in [0.2, 0.25) is 0 Å². The summed E-state index contributed by atoms with van der Waals surface area (Å²) in [5, 5.41) is 18.7. The molecule has 3 rings (SSSR count). The average molecular weight is 231 g/mol. The fourth-order valence-electron chi connectivity index (χ4n) is 2.68. The number of hydrogen-bond donors (Lipinski definition) is 2. The lowest BCUT2D eigenvalue weighted by atomic mass is 9.92. The van der Waals surface area contributed by atoms with Crippen LogP contribution in [0, 0.1) is 0 Å². The molecular formula is C13H17N3O. The van der Waals surface area contributed by atoms with E-state index in [9.17, 15) is 5.11 Å². The fourth-order valence-corrected chi connectivity index (χ4v) is 2.68. The molecule has 0 radical (unpaired) electrons. The summed E-state index contributed by atoms with van der Waals surface area (Å²) in [5.74, 6) is 0.836. The number of benzene rings is 1. The Kier molecular flexibility index (Phi) is 2.52. The molecule has 1 saturated heterocycles. The van der Waals surface area contributed by atoms with Crippen LogP contribution < -0.4 is 5.32 Å². The summed E-state index contributed by atoms with van der Waals surface area (Å²) in [4.78, 5) is 0. The second-order valence-electron chi connectivity index (χ2n) is 4.73. The van der Waals surface area contributed by atoms with E-state index in [-0.39, 0.29) is 0 Å². The van der Waals surface area contributed by atoms with Gasteiger partial charge in [-0.05, 0) is 44.1 Å². The van der Waals surface area contributed by atoms with Crippen molar-refractivity contribution in [1.29, 1.82) is 0 Å². The van der Waals surface area contributed by atoms with E-state index in [1.165, 1.54) is 0 Å². The maximum Gasteiger partial charge on any atom is 0.116 e. The molecule has 0 saturated carbocycles. The minimum Gasteiger partial charge on any atom is -0.508 e. The molecule has 17 heavy (non-hydrogen) atoms. The zero-order valence-corrected chi connectivity index (χ0v) is 9.98. The number of phenols is 1. The van der Waals surface area contributed by atoms with Gasteiger partial charge in [-0.2, -0.15) is 5.10 Å². The molecule has 0 aliphatic carbocycles. The van der Waals surface area contributed by atoms with Gasteiger partial charge < -0.3 is 10.4 Å². The number of aromatic hydroxyl groups is 1. The molecule has 2 N–H and O–H groups in total. The third kappa shape index (κ3) is 1.78. The zero-order valence-electron chi connectivity index (χ0n) is 9.98. The first-order valence-corrected chi connectivity index (χ1v) is 6.12. The standard InChI is InChI=1S/C13H17N3O/c1-16-12-3-2-10(17)8-11(12)13(15-16)9-4-6-14-7-5-9/h2-3,8-9,14,17H,4-7H2,1H3. The summed E-state index contributed by atoms with van der Waals surface area (Å²) in [7, 11) is 1.96. The van der Waals surface area contributed by atoms with Crippen molar-refractivity contribution in [1.82, 2.24) is 15.1 Å². The molecule has 1 aromatic carbocycles. The van der Waals surface area contributed by atoms with Crippen LogP contribution in [0.25, 0.3) is 10.9 Å². The number of phenolic OH excluding ortho intramolecular Hbond substituents is 1. The Balaban J connectivity index is 2.11. The van der Waals surface area contributed by atoms with E-state index in [1.54, 1.807) is 6.07 Å². The SMILES string of the molecule is Cn1nc(C2CCNCC2)c2cc(O)ccc21. The highest BCUT2D eigenvalue weighted by atomic mass is 16.3. The van der Waals surface area contributed by atoms with E-state index in [4.69, 9.17) is 0 Å². The normalized spacial score (nSPS) is 17.7. The second kappa shape index (κ2) is 4.04. The molecule has 1 aliphatic rings. The van der Waals surface area contributed by atoms with Crippen molar-refractivity contribution >= 4 is 10.9 Å². The van der Waals surface area contributed by atoms with E-state index in [0.29, 0.717) is 11.7 Å². The molecule has 0 atom stereocenters. The van der Waals surface area contributed by atoms with Gasteiger partial charge in [-0.1, -0.05) is 0 Å². The molecule has 1 aromatic heterocycles. The van der Waals surface area contributed by atoms with Gasteiger partial charge >= 0.3 is 0 Å². The summed E-state index contributed by atoms with van der Waals surface area (Å²) in [5.41, 5.74) is 2.23. The van der Waals surface area contributed by atoms with Crippen molar-refractivity contribution in [3.63, 3.8) is 0 Å². The van der Waals surface area contributed by atoms with Gasteiger partial charge in [0, 0.05) is 18.4 Å². The number of nitrogens with zero attached hydrogens (tertiary/aromatic N) is 2. The van der Waals surface area contributed by atoms with Crippen molar-refractivity contribution in [3.05, 3.63) is 23.9 Å². The summed E-state index contributed by atoms with van der Waals surface area (Å²) < 4.78 is 1.91. The first kappa shape index (κ1) is 10.6. The first-order chi connectivity index (χ1) is 8.25. The molecule has 1 aliphatic heterocycles. The summed E-state index contributed by atoms with van der Waals surface area (Å²) in [6.07, 6.45) is 2.25. The van der Waals surface area contributed by atoms with Gasteiger partial charge in [0.25, 0.3) is 0 Å². The highest BCUT2D eigenvalue weighted by Crippen LogP contribution is 2.32. The number of hydrogen-bond acceptors (Lipinski definition) is 3. The summed E-state index contributed by atoms with van der Waals surface area (Å²) in [6.45, 7) is 2.11. The van der Waals surface area contributed by atoms with Crippen molar-refractivity contribution in [3.8, 4) is 5.75 Å². The number of aryl methyl sites for hydroxylation is 1. The molecule has 2 heterocycles. The Labute approximate surface area is 100 Å². The number of aromatic nitrogens is 2. The van der Waals surface area contributed by atoms with Crippen LogP contribution in [0.2, 0.25) is 0 Å². The van der Waals surface area contributed by atoms with Gasteiger partial charge in [0.05, 0.1) is 11.2 Å². The minimum absolute atomic E-state index is 0.320. The molecule has 2 aromatic rings. The van der Waals surface area contributed by atoms with E-state index in [2.05, 4.69) is 10.4 Å². The zero-order chi connectivity index (χ0) is 11.8. The number of piperidine rings is 1. The molecule has 4 heteroatoms. The minimum atomic E-state index is 0.320. The molecule has 0 unspecified atom stereocenters. The number of fused-ring (bicyclic) bond motifs is 1. The third-order valence-electron chi connectivity index (χ3n) is 3.59. The average Bonchev–Trinajstić information content (AvgIpc) is 2.67. The summed E-state index contributed by atoms with van der Waals surface area (Å²) >= 11 is 0. The molecule has 0 spiro atoms. The highest BCUT2D eigenvalue weighted by molar-refractivity contribution is 5.83. The Hall–Kier alpha value is -1.55. The lowest BCUT2D eigenvalue weighted by molar-refractivity contribution is 0.451. The maximum absolute atomic E-state index is 9.61. The topological polar surface area (TPSA) is 50.1 Å². The largest absolute Gasteiger partial charge is 0.508 e. The molecular weight excluding hydrogens is 214 g/mol. The van der Waals surface area contributed by atoms with E-state index in [0.717, 1.165) is 42.5 Å². The number of nitrogens with one attached hydrogen (secondary N) is 1. The number of rotatable bonds is 1. The molecule has 1 fully saturated rings. The third-order valence-corrected chi connectivity index (χ3v) is 3.59. The molecule has 0 amide bonds. The molecule has 0 bridgehead atoms. The van der Waals surface area contributed by atoms with Gasteiger partial charge in [-0.25, -0.2) is 0 Å². The first-order valence-electron chi connectivity index (χ1n) is 6.12. The van der Waals surface area contributed by atoms with Crippen LogP contribution in [0.1, 0.15) is 24.5 Å². The van der Waals surface area contributed by atoms with E-state index >= 15 is 0 Å². The van der Waals surface area contributed by atoms with Crippen molar-refractivity contribution in [2.75, 3.05) is 13.1 Å². The van der Waals surface area contributed by atoms with Gasteiger partial charge in [-0.15, -0.1) is 0 Å². The monoisotopic (exact) mass is 231 g/mol. The Morgan fingerprint density at radius 3 is 2.88 bits per heavy atom. The van der Waals surface area contributed by atoms with Crippen LogP contribution in [-0.2, 0) is 7.05 Å². The maximum atomic E-state index is 9.61. The van der Waals surface area contributed by atoms with Crippen LogP contribution in [-0.4, -0.2) is 28.0 Å². The van der Waals surface area contributed by atoms with E-state index in [1.807, 2.05) is 23.9 Å². The lowest BCUT2D eigenvalue weighted by Crippen LogP contribution is -2.26. The van der Waals surface area contributed by atoms with Crippen molar-refractivity contribution in [2.24, 2.45) is 7.05 Å². The quantitative estimate of drug-likeness (QED) is 0.786. The predicted molar refractivity (Wildman–Crippen MR) is 67.2 cm³/mol. The van der Waals surface area contributed by atoms with Crippen LogP contribution in [0.15, 0.2) is 18.2 Å². The van der Waals surface area contributed by atoms with Crippen molar-refractivity contribution < 1.29 is 5.11 Å². The van der Waals surface area contributed by atoms with Crippen molar-refractivity contribution in [2.45, 2.75) is 18.8 Å². The second-order valence-corrected chi connectivity index (χ2v) is 4.73. The highest BCUT2D eigenvalue weighted by Gasteiger charge is 2.21. The Morgan fingerprint density at radius 1 is 1.35 bits per heavy atom. The summed E-state index contributed by atoms with van der Waals surface area (Å²) in [6, 6.07) is 5.48. The van der Waals surface area contributed by atoms with E-state index < -0.39 is 0 Å².